The molecule has 0 saturated carbocycles. The minimum atomic E-state index is -1.59. The molecule has 2 saturated heterocycles. The molecular weight excluding hydrogens is 302 g/mol. The van der Waals surface area contributed by atoms with E-state index in [1.807, 2.05) is 0 Å². The zero-order valence-electron chi connectivity index (χ0n) is 11.8. The van der Waals surface area contributed by atoms with Gasteiger partial charge in [0.25, 0.3) is 0 Å². The normalized spacial score (nSPS) is 50.0. The van der Waals surface area contributed by atoms with Gasteiger partial charge in [0.2, 0.25) is 0 Å². The summed E-state index contributed by atoms with van der Waals surface area (Å²) >= 11 is 0. The van der Waals surface area contributed by atoms with Crippen LogP contribution in [0.1, 0.15) is 0 Å². The summed E-state index contributed by atoms with van der Waals surface area (Å²) < 4.78 is 10.5. The van der Waals surface area contributed by atoms with E-state index in [4.69, 9.17) is 19.7 Å². The van der Waals surface area contributed by atoms with Crippen molar-refractivity contribution in [2.75, 3.05) is 19.8 Å². The number of hydrogen-bond acceptors (Lipinski definition) is 10. The standard InChI is InChI=1S/C12H23NO9/c14-2-4-7(16)8(17)5(1-13-4)21-12-11(20)10(19)9(18)6(3-15)22-12/h4-20H,1-3H2/t4-,5+,6-,7-,8-,9-,10+,11-,12+/m1/s1. The minimum absolute atomic E-state index is 0.0679. The van der Waals surface area contributed by atoms with Crippen molar-refractivity contribution in [3.63, 3.8) is 0 Å². The van der Waals surface area contributed by atoms with E-state index in [0.29, 0.717) is 0 Å². The van der Waals surface area contributed by atoms with E-state index in [-0.39, 0.29) is 13.2 Å². The molecule has 0 amide bonds. The van der Waals surface area contributed by atoms with Crippen LogP contribution in [0.15, 0.2) is 0 Å². The van der Waals surface area contributed by atoms with E-state index in [2.05, 4.69) is 5.32 Å². The van der Waals surface area contributed by atoms with E-state index >= 15 is 0 Å². The van der Waals surface area contributed by atoms with Crippen molar-refractivity contribution < 1.29 is 45.2 Å². The molecule has 0 unspecified atom stereocenters. The van der Waals surface area contributed by atoms with Gasteiger partial charge in [-0.1, -0.05) is 0 Å². The number of aliphatic hydroxyl groups is 7. The van der Waals surface area contributed by atoms with Gasteiger partial charge >= 0.3 is 0 Å². The van der Waals surface area contributed by atoms with Crippen molar-refractivity contribution in [1.29, 1.82) is 0 Å². The van der Waals surface area contributed by atoms with Crippen molar-refractivity contribution in [3.8, 4) is 0 Å². The Hall–Kier alpha value is -0.400. The third-order valence-corrected chi connectivity index (χ3v) is 4.08. The maximum absolute atomic E-state index is 9.97. The van der Waals surface area contributed by atoms with Crippen LogP contribution in [-0.4, -0.2) is 111 Å². The van der Waals surface area contributed by atoms with Crippen molar-refractivity contribution in [1.82, 2.24) is 5.32 Å². The molecule has 0 bridgehead atoms. The highest BCUT2D eigenvalue weighted by Crippen LogP contribution is 2.25. The van der Waals surface area contributed by atoms with E-state index in [1.54, 1.807) is 0 Å². The molecule has 2 aliphatic heterocycles. The van der Waals surface area contributed by atoms with Crippen LogP contribution in [0.3, 0.4) is 0 Å². The number of rotatable bonds is 4. The topological polar surface area (TPSA) is 172 Å². The molecule has 2 aliphatic rings. The zero-order chi connectivity index (χ0) is 16.4. The predicted molar refractivity (Wildman–Crippen MR) is 69.5 cm³/mol. The van der Waals surface area contributed by atoms with Gasteiger partial charge in [0.15, 0.2) is 6.29 Å². The van der Waals surface area contributed by atoms with Crippen LogP contribution in [0.5, 0.6) is 0 Å². The molecule has 10 heteroatoms. The van der Waals surface area contributed by atoms with E-state index in [9.17, 15) is 25.5 Å². The van der Waals surface area contributed by atoms with E-state index in [1.165, 1.54) is 0 Å². The van der Waals surface area contributed by atoms with Crippen LogP contribution in [0, 0.1) is 0 Å². The molecule has 0 radical (unpaired) electrons. The Morgan fingerprint density at radius 2 is 1.55 bits per heavy atom. The number of ether oxygens (including phenoxy) is 2. The first-order valence-corrected chi connectivity index (χ1v) is 7.07. The fraction of sp³-hybridized carbons (Fsp3) is 1.00. The van der Waals surface area contributed by atoms with E-state index < -0.39 is 61.7 Å². The fourth-order valence-corrected chi connectivity index (χ4v) is 2.62. The third kappa shape index (κ3) is 3.41. The lowest BCUT2D eigenvalue weighted by atomic mass is 9.95. The minimum Gasteiger partial charge on any atom is -0.395 e. The molecule has 9 atom stereocenters. The number of hydrogen-bond donors (Lipinski definition) is 8. The molecule has 0 aromatic carbocycles. The molecule has 130 valence electrons. The largest absolute Gasteiger partial charge is 0.395 e. The number of nitrogens with one attached hydrogen (secondary N) is 1. The van der Waals surface area contributed by atoms with Gasteiger partial charge in [-0.2, -0.15) is 0 Å². The van der Waals surface area contributed by atoms with Crippen LogP contribution >= 0.6 is 0 Å². The Balaban J connectivity index is 2.00. The van der Waals surface area contributed by atoms with E-state index in [0.717, 1.165) is 0 Å². The van der Waals surface area contributed by atoms with Gasteiger partial charge in [-0.05, 0) is 0 Å². The van der Waals surface area contributed by atoms with Crippen molar-refractivity contribution in [3.05, 3.63) is 0 Å². The Kier molecular flexibility index (Phi) is 6.07. The van der Waals surface area contributed by atoms with Gasteiger partial charge in [-0.3, -0.25) is 0 Å². The Labute approximate surface area is 126 Å². The van der Waals surface area contributed by atoms with Crippen molar-refractivity contribution in [2.45, 2.75) is 55.1 Å². The van der Waals surface area contributed by atoms with Gasteiger partial charge in [-0.25, -0.2) is 0 Å². The van der Waals surface area contributed by atoms with Gasteiger partial charge in [-0.15, -0.1) is 0 Å². The maximum atomic E-state index is 9.97. The Morgan fingerprint density at radius 3 is 2.14 bits per heavy atom. The second kappa shape index (κ2) is 7.45. The lowest BCUT2D eigenvalue weighted by molar-refractivity contribution is -0.321. The molecule has 2 fully saturated rings. The molecule has 0 aliphatic carbocycles. The highest BCUT2D eigenvalue weighted by atomic mass is 16.7. The molecule has 0 aromatic heterocycles. The summed E-state index contributed by atoms with van der Waals surface area (Å²) in [6.07, 6.45) is -10.8. The third-order valence-electron chi connectivity index (χ3n) is 4.08. The average molecular weight is 325 g/mol. The maximum Gasteiger partial charge on any atom is 0.187 e. The molecule has 10 nitrogen and oxygen atoms in total. The van der Waals surface area contributed by atoms with Crippen LogP contribution in [-0.2, 0) is 9.47 Å². The molecule has 0 spiro atoms. The second-order valence-electron chi connectivity index (χ2n) is 5.55. The summed E-state index contributed by atoms with van der Waals surface area (Å²) in [5, 5.41) is 69.8. The van der Waals surface area contributed by atoms with Crippen molar-refractivity contribution in [2.24, 2.45) is 0 Å². The second-order valence-corrected chi connectivity index (χ2v) is 5.55. The summed E-state index contributed by atoms with van der Waals surface area (Å²) in [4.78, 5) is 0. The molecule has 2 rings (SSSR count). The van der Waals surface area contributed by atoms with Gasteiger partial charge in [0.05, 0.1) is 25.4 Å². The first-order valence-electron chi connectivity index (χ1n) is 7.07. The van der Waals surface area contributed by atoms with Crippen LogP contribution in [0.25, 0.3) is 0 Å². The fourth-order valence-electron chi connectivity index (χ4n) is 2.62. The van der Waals surface area contributed by atoms with Crippen LogP contribution in [0.2, 0.25) is 0 Å². The quantitative estimate of drug-likeness (QED) is 0.250. The number of piperidine rings is 1. The Morgan fingerprint density at radius 1 is 0.864 bits per heavy atom. The molecular formula is C12H23NO9. The highest BCUT2D eigenvalue weighted by molar-refractivity contribution is 4.95. The Bertz CT molecular complexity index is 357. The smallest absolute Gasteiger partial charge is 0.187 e. The first-order chi connectivity index (χ1) is 10.4. The van der Waals surface area contributed by atoms with Crippen LogP contribution < -0.4 is 5.32 Å². The molecule has 0 aromatic rings. The predicted octanol–water partition coefficient (Wildman–Crippen LogP) is -5.14. The summed E-state index contributed by atoms with van der Waals surface area (Å²) in [5.41, 5.74) is 0. The highest BCUT2D eigenvalue weighted by Gasteiger charge is 2.47. The summed E-state index contributed by atoms with van der Waals surface area (Å²) in [6, 6.07) is -0.704. The number of aliphatic hydroxyl groups excluding tert-OH is 7. The summed E-state index contributed by atoms with van der Waals surface area (Å²) in [6.45, 7) is -0.894. The SMILES string of the molecule is OC[C@H]1NC[C@H](O[C@H]2O[C@H](CO)[C@@H](O)[C@H](O)[C@H]2O)[C@@H](O)[C@@H]1O. The van der Waals surface area contributed by atoms with Crippen molar-refractivity contribution >= 4 is 0 Å². The summed E-state index contributed by atoms with van der Waals surface area (Å²) in [7, 11) is 0. The first kappa shape index (κ1) is 17.9. The van der Waals surface area contributed by atoms with Gasteiger partial charge in [0, 0.05) is 6.54 Å². The average Bonchev–Trinajstić information content (AvgIpc) is 2.52. The zero-order valence-corrected chi connectivity index (χ0v) is 11.8. The summed E-state index contributed by atoms with van der Waals surface area (Å²) in [5.74, 6) is 0. The van der Waals surface area contributed by atoms with Crippen LogP contribution in [0.4, 0.5) is 0 Å². The lowest BCUT2D eigenvalue weighted by Gasteiger charge is -2.43. The van der Waals surface area contributed by atoms with Gasteiger partial charge in [0.1, 0.15) is 36.6 Å². The molecule has 2 heterocycles. The molecule has 8 N–H and O–H groups in total. The molecule has 22 heavy (non-hydrogen) atoms. The monoisotopic (exact) mass is 325 g/mol. The lowest BCUT2D eigenvalue weighted by Crippen LogP contribution is -2.65. The van der Waals surface area contributed by atoms with Gasteiger partial charge < -0.3 is 50.5 Å².